The Morgan fingerprint density at radius 1 is 1.21 bits per heavy atom. The molecule has 0 aliphatic carbocycles. The van der Waals surface area contributed by atoms with Crippen molar-refractivity contribution >= 4 is 12.2 Å². The number of para-hydroxylation sites is 1. The lowest BCUT2D eigenvalue weighted by Gasteiger charge is -2.11. The molecule has 0 unspecified atom stereocenters. The molecule has 2 aromatic carbocycles. The van der Waals surface area contributed by atoms with E-state index in [4.69, 9.17) is 10.5 Å². The molecule has 0 aliphatic heterocycles. The third-order valence-corrected chi connectivity index (χ3v) is 2.95. The molecule has 0 radical (unpaired) electrons. The predicted octanol–water partition coefficient (Wildman–Crippen LogP) is 3.29. The number of primary amides is 1. The van der Waals surface area contributed by atoms with Crippen LogP contribution in [0, 0.1) is 0 Å². The number of hydrazone groups is 1. The highest BCUT2D eigenvalue weighted by atomic mass is 19.4. The molecule has 0 atom stereocenters. The molecular weight excluding hydrogens is 323 g/mol. The van der Waals surface area contributed by atoms with Gasteiger partial charge in [0.05, 0.1) is 11.8 Å². The number of nitrogens with two attached hydrogens (primary N) is 1. The predicted molar refractivity (Wildman–Crippen MR) is 82.5 cm³/mol. The van der Waals surface area contributed by atoms with E-state index in [1.54, 1.807) is 30.3 Å². The third kappa shape index (κ3) is 5.01. The molecule has 8 heteroatoms. The van der Waals surface area contributed by atoms with Gasteiger partial charge in [0.2, 0.25) is 0 Å². The first kappa shape index (κ1) is 17.3. The summed E-state index contributed by atoms with van der Waals surface area (Å²) in [5.41, 5.74) is 7.13. The van der Waals surface area contributed by atoms with Gasteiger partial charge in [0, 0.05) is 5.56 Å². The lowest BCUT2D eigenvalue weighted by Crippen LogP contribution is -2.24. The van der Waals surface area contributed by atoms with Gasteiger partial charge in [0.1, 0.15) is 12.4 Å². The molecule has 0 saturated heterocycles. The summed E-state index contributed by atoms with van der Waals surface area (Å²) in [6.07, 6.45) is -3.08. The number of amides is 2. The van der Waals surface area contributed by atoms with Crippen molar-refractivity contribution in [3.05, 3.63) is 65.2 Å². The van der Waals surface area contributed by atoms with Crippen molar-refractivity contribution in [2.45, 2.75) is 12.8 Å². The van der Waals surface area contributed by atoms with E-state index in [2.05, 4.69) is 5.10 Å². The van der Waals surface area contributed by atoms with Gasteiger partial charge in [0.25, 0.3) is 0 Å². The van der Waals surface area contributed by atoms with Crippen molar-refractivity contribution < 1.29 is 22.7 Å². The Bertz CT molecular complexity index is 745. The van der Waals surface area contributed by atoms with Gasteiger partial charge in [-0.2, -0.15) is 18.3 Å². The van der Waals surface area contributed by atoms with Crippen molar-refractivity contribution in [2.24, 2.45) is 10.8 Å². The highest BCUT2D eigenvalue weighted by molar-refractivity contribution is 5.84. The number of alkyl halides is 3. The molecule has 3 N–H and O–H groups in total. The fraction of sp³-hybridized carbons (Fsp3) is 0.125. The summed E-state index contributed by atoms with van der Waals surface area (Å²) in [6, 6.07) is 10.8. The van der Waals surface area contributed by atoms with Crippen LogP contribution in [0.1, 0.15) is 16.7 Å². The van der Waals surface area contributed by atoms with Gasteiger partial charge in [-0.15, -0.1) is 0 Å². The zero-order chi connectivity index (χ0) is 17.6. The molecule has 126 valence electrons. The van der Waals surface area contributed by atoms with Gasteiger partial charge in [-0.05, 0) is 29.8 Å². The number of hydrogen-bond acceptors (Lipinski definition) is 3. The molecular formula is C16H14F3N3O2. The first-order valence-corrected chi connectivity index (χ1v) is 6.83. The zero-order valence-corrected chi connectivity index (χ0v) is 12.4. The summed E-state index contributed by atoms with van der Waals surface area (Å²) in [6.45, 7) is -0.0436. The average molecular weight is 337 g/mol. The number of nitrogens with zero attached hydrogens (tertiary/aromatic N) is 1. The summed E-state index contributed by atoms with van der Waals surface area (Å²) in [5.74, 6) is 0.407. The maximum Gasteiger partial charge on any atom is 0.416 e. The summed E-state index contributed by atoms with van der Waals surface area (Å²) in [4.78, 5) is 10.6. The standard InChI is InChI=1S/C16H14F3N3O2/c17-16(18,19)13-6-3-4-11(8-13)10-24-14-7-2-1-5-12(14)9-21-22-15(20)23/h1-9H,10H2,(H3,20,22,23). The molecule has 5 nitrogen and oxygen atoms in total. The molecule has 0 aromatic heterocycles. The largest absolute Gasteiger partial charge is 0.488 e. The minimum atomic E-state index is -4.40. The van der Waals surface area contributed by atoms with Crippen LogP contribution in [0.3, 0.4) is 0 Å². The molecule has 24 heavy (non-hydrogen) atoms. The van der Waals surface area contributed by atoms with E-state index in [0.717, 1.165) is 12.1 Å². The van der Waals surface area contributed by atoms with Crippen LogP contribution < -0.4 is 15.9 Å². The third-order valence-electron chi connectivity index (χ3n) is 2.95. The SMILES string of the molecule is NC(=O)NN=Cc1ccccc1OCc1cccc(C(F)(F)F)c1. The molecule has 0 spiro atoms. The summed E-state index contributed by atoms with van der Waals surface area (Å²) >= 11 is 0. The zero-order valence-electron chi connectivity index (χ0n) is 12.4. The van der Waals surface area contributed by atoms with Crippen LogP contribution >= 0.6 is 0 Å². The number of hydrogen-bond donors (Lipinski definition) is 2. The van der Waals surface area contributed by atoms with E-state index < -0.39 is 17.8 Å². The molecule has 0 bridgehead atoms. The number of rotatable bonds is 5. The Balaban J connectivity index is 2.10. The van der Waals surface area contributed by atoms with Crippen molar-refractivity contribution in [3.63, 3.8) is 0 Å². The summed E-state index contributed by atoms with van der Waals surface area (Å²) in [5, 5.41) is 3.62. The van der Waals surface area contributed by atoms with Gasteiger partial charge >= 0.3 is 12.2 Å². The normalized spacial score (nSPS) is 11.5. The van der Waals surface area contributed by atoms with Crippen molar-refractivity contribution in [2.75, 3.05) is 0 Å². The molecule has 2 rings (SSSR count). The summed E-state index contributed by atoms with van der Waals surface area (Å²) in [7, 11) is 0. The van der Waals surface area contributed by atoms with E-state index in [0.29, 0.717) is 16.9 Å². The van der Waals surface area contributed by atoms with Crippen LogP contribution in [-0.2, 0) is 12.8 Å². The Kier molecular flexibility index (Phi) is 5.41. The quantitative estimate of drug-likeness (QED) is 0.649. The van der Waals surface area contributed by atoms with Gasteiger partial charge in [0.15, 0.2) is 0 Å². The molecule has 0 saturated carbocycles. The second kappa shape index (κ2) is 7.49. The van der Waals surface area contributed by atoms with Gasteiger partial charge in [-0.3, -0.25) is 0 Å². The smallest absolute Gasteiger partial charge is 0.416 e. The highest BCUT2D eigenvalue weighted by Crippen LogP contribution is 2.29. The van der Waals surface area contributed by atoms with Gasteiger partial charge < -0.3 is 10.5 Å². The fourth-order valence-corrected chi connectivity index (χ4v) is 1.88. The number of urea groups is 1. The maximum absolute atomic E-state index is 12.7. The van der Waals surface area contributed by atoms with Crippen molar-refractivity contribution in [1.82, 2.24) is 5.43 Å². The molecule has 0 aliphatic rings. The van der Waals surface area contributed by atoms with Crippen LogP contribution in [0.4, 0.5) is 18.0 Å². The summed E-state index contributed by atoms with van der Waals surface area (Å²) < 4.78 is 43.6. The number of halogens is 3. The lowest BCUT2D eigenvalue weighted by molar-refractivity contribution is -0.137. The van der Waals surface area contributed by atoms with Gasteiger partial charge in [-0.1, -0.05) is 24.3 Å². The number of benzene rings is 2. The lowest BCUT2D eigenvalue weighted by atomic mass is 10.1. The molecule has 2 aromatic rings. The van der Waals surface area contributed by atoms with Crippen molar-refractivity contribution in [3.8, 4) is 5.75 Å². The molecule has 2 amide bonds. The second-order valence-corrected chi connectivity index (χ2v) is 4.76. The van der Waals surface area contributed by atoms with E-state index in [1.807, 2.05) is 5.43 Å². The average Bonchev–Trinajstić information content (AvgIpc) is 2.53. The Labute approximate surface area is 135 Å². The van der Waals surface area contributed by atoms with E-state index in [9.17, 15) is 18.0 Å². The van der Waals surface area contributed by atoms with Crippen LogP contribution in [0.2, 0.25) is 0 Å². The Morgan fingerprint density at radius 3 is 2.67 bits per heavy atom. The Hall–Kier alpha value is -3.03. The van der Waals surface area contributed by atoms with E-state index in [1.165, 1.54) is 12.3 Å². The van der Waals surface area contributed by atoms with E-state index in [-0.39, 0.29) is 6.61 Å². The first-order chi connectivity index (χ1) is 11.4. The number of carbonyl (C=O) groups is 1. The highest BCUT2D eigenvalue weighted by Gasteiger charge is 2.30. The first-order valence-electron chi connectivity index (χ1n) is 6.83. The minimum Gasteiger partial charge on any atom is -0.488 e. The fourth-order valence-electron chi connectivity index (χ4n) is 1.88. The second-order valence-electron chi connectivity index (χ2n) is 4.76. The van der Waals surface area contributed by atoms with Crippen LogP contribution in [0.15, 0.2) is 53.6 Å². The molecule has 0 fully saturated rings. The number of ether oxygens (including phenoxy) is 1. The van der Waals surface area contributed by atoms with Crippen molar-refractivity contribution in [1.29, 1.82) is 0 Å². The van der Waals surface area contributed by atoms with Gasteiger partial charge in [-0.25, -0.2) is 10.2 Å². The number of carbonyl (C=O) groups excluding carboxylic acids is 1. The van der Waals surface area contributed by atoms with Crippen LogP contribution in [-0.4, -0.2) is 12.2 Å². The minimum absolute atomic E-state index is 0.0436. The van der Waals surface area contributed by atoms with Crippen LogP contribution in [0.5, 0.6) is 5.75 Å². The number of nitrogens with one attached hydrogen (secondary N) is 1. The molecule has 0 heterocycles. The topological polar surface area (TPSA) is 76.7 Å². The monoisotopic (exact) mass is 337 g/mol. The maximum atomic E-state index is 12.7. The van der Waals surface area contributed by atoms with E-state index >= 15 is 0 Å². The Morgan fingerprint density at radius 2 is 1.96 bits per heavy atom. The van der Waals surface area contributed by atoms with Crippen LogP contribution in [0.25, 0.3) is 0 Å².